The van der Waals surface area contributed by atoms with Gasteiger partial charge in [-0.2, -0.15) is 10.4 Å². The molecule has 1 fully saturated rings. The molecule has 1 saturated heterocycles. The van der Waals surface area contributed by atoms with Gasteiger partial charge in [-0.3, -0.25) is 4.68 Å². The summed E-state index contributed by atoms with van der Waals surface area (Å²) >= 11 is 0. The van der Waals surface area contributed by atoms with Crippen molar-refractivity contribution in [2.75, 3.05) is 19.6 Å². The Morgan fingerprint density at radius 3 is 2.58 bits per heavy atom. The van der Waals surface area contributed by atoms with E-state index in [9.17, 15) is 5.26 Å². The van der Waals surface area contributed by atoms with Crippen LogP contribution in [-0.4, -0.2) is 34.3 Å². The molecule has 4 heteroatoms. The minimum absolute atomic E-state index is 0.0897. The van der Waals surface area contributed by atoms with Crippen LogP contribution in [0.4, 0.5) is 0 Å². The lowest BCUT2D eigenvalue weighted by Gasteiger charge is -2.40. The highest BCUT2D eigenvalue weighted by atomic mass is 15.3. The van der Waals surface area contributed by atoms with Crippen LogP contribution in [0.2, 0.25) is 0 Å². The Hall–Kier alpha value is -1.34. The van der Waals surface area contributed by atoms with Crippen molar-refractivity contribution >= 4 is 0 Å². The van der Waals surface area contributed by atoms with Gasteiger partial charge >= 0.3 is 0 Å². The van der Waals surface area contributed by atoms with Crippen LogP contribution in [0.15, 0.2) is 12.4 Å². The van der Waals surface area contributed by atoms with Crippen LogP contribution in [0.25, 0.3) is 0 Å². The molecule has 4 nitrogen and oxygen atoms in total. The third-order valence-corrected chi connectivity index (χ3v) is 4.40. The number of hydrogen-bond donors (Lipinski definition) is 0. The predicted octanol–water partition coefficient (Wildman–Crippen LogP) is 2.73. The molecule has 104 valence electrons. The van der Waals surface area contributed by atoms with Crippen LogP contribution < -0.4 is 0 Å². The molecule has 0 unspecified atom stereocenters. The molecule has 2 rings (SSSR count). The second-order valence-corrected chi connectivity index (χ2v) is 5.87. The molecule has 0 aliphatic carbocycles. The molecule has 2 heterocycles. The van der Waals surface area contributed by atoms with Gasteiger partial charge in [0, 0.05) is 19.3 Å². The monoisotopic (exact) mass is 260 g/mol. The highest BCUT2D eigenvalue weighted by Gasteiger charge is 2.36. The molecule has 0 N–H and O–H groups in total. The molecule has 0 saturated carbocycles. The van der Waals surface area contributed by atoms with E-state index in [1.807, 2.05) is 6.20 Å². The van der Waals surface area contributed by atoms with Gasteiger partial charge in [-0.05, 0) is 30.9 Å². The number of aromatic nitrogens is 2. The Morgan fingerprint density at radius 2 is 2.11 bits per heavy atom. The molecular formula is C15H24N4. The van der Waals surface area contributed by atoms with Crippen molar-refractivity contribution in [2.24, 2.45) is 0 Å². The zero-order chi connectivity index (χ0) is 13.9. The fraction of sp³-hybridized carbons (Fsp3) is 0.733. The van der Waals surface area contributed by atoms with Gasteiger partial charge in [-0.25, -0.2) is 0 Å². The molecule has 1 aliphatic heterocycles. The van der Waals surface area contributed by atoms with Crippen molar-refractivity contribution in [3.8, 4) is 6.07 Å². The molecule has 1 aromatic heterocycles. The molecule has 0 spiro atoms. The summed E-state index contributed by atoms with van der Waals surface area (Å²) in [5, 5.41) is 13.7. The van der Waals surface area contributed by atoms with Crippen LogP contribution >= 0.6 is 0 Å². The summed E-state index contributed by atoms with van der Waals surface area (Å²) in [6.45, 7) is 9.78. The largest absolute Gasteiger partial charge is 0.303 e. The SMILES string of the molecule is CCN1CCC(CC#N)(n2cc(C(C)C)cn2)CC1. The summed E-state index contributed by atoms with van der Waals surface area (Å²) in [7, 11) is 0. The molecule has 0 atom stereocenters. The van der Waals surface area contributed by atoms with E-state index in [0.717, 1.165) is 32.5 Å². The summed E-state index contributed by atoms with van der Waals surface area (Å²) in [6, 6.07) is 2.37. The first-order valence-electron chi connectivity index (χ1n) is 7.25. The summed E-state index contributed by atoms with van der Waals surface area (Å²) in [5.74, 6) is 0.489. The quantitative estimate of drug-likeness (QED) is 0.836. The average Bonchev–Trinajstić information content (AvgIpc) is 2.90. The molecule has 0 radical (unpaired) electrons. The standard InChI is InChI=1S/C15H24N4/c1-4-18-9-6-15(5-8-16,7-10-18)19-12-14(11-17-19)13(2)3/h11-13H,4-7,9-10H2,1-3H3. The minimum atomic E-state index is -0.0897. The second kappa shape index (κ2) is 5.75. The van der Waals surface area contributed by atoms with E-state index >= 15 is 0 Å². The maximum absolute atomic E-state index is 9.18. The number of rotatable bonds is 4. The topological polar surface area (TPSA) is 44.9 Å². The summed E-state index contributed by atoms with van der Waals surface area (Å²) < 4.78 is 2.07. The smallest absolute Gasteiger partial charge is 0.0781 e. The van der Waals surface area contributed by atoms with E-state index in [1.54, 1.807) is 0 Å². The van der Waals surface area contributed by atoms with Crippen LogP contribution in [0.3, 0.4) is 0 Å². The minimum Gasteiger partial charge on any atom is -0.303 e. The van der Waals surface area contributed by atoms with E-state index in [2.05, 4.69) is 47.7 Å². The fourth-order valence-corrected chi connectivity index (χ4v) is 2.81. The first kappa shape index (κ1) is 14.1. The molecule has 0 amide bonds. The van der Waals surface area contributed by atoms with Crippen molar-refractivity contribution in [2.45, 2.75) is 51.5 Å². The van der Waals surface area contributed by atoms with Gasteiger partial charge in [0.25, 0.3) is 0 Å². The van der Waals surface area contributed by atoms with Gasteiger partial charge in [0.2, 0.25) is 0 Å². The van der Waals surface area contributed by atoms with E-state index in [1.165, 1.54) is 5.56 Å². The maximum Gasteiger partial charge on any atom is 0.0781 e. The van der Waals surface area contributed by atoms with Crippen molar-refractivity contribution in [3.05, 3.63) is 18.0 Å². The zero-order valence-corrected chi connectivity index (χ0v) is 12.3. The van der Waals surface area contributed by atoms with Gasteiger partial charge < -0.3 is 4.90 Å². The Morgan fingerprint density at radius 1 is 1.42 bits per heavy atom. The molecular weight excluding hydrogens is 236 g/mol. The Balaban J connectivity index is 2.22. The number of likely N-dealkylation sites (tertiary alicyclic amines) is 1. The van der Waals surface area contributed by atoms with Gasteiger partial charge in [0.05, 0.1) is 24.2 Å². The van der Waals surface area contributed by atoms with Crippen molar-refractivity contribution in [1.29, 1.82) is 5.26 Å². The van der Waals surface area contributed by atoms with E-state index in [-0.39, 0.29) is 5.54 Å². The van der Waals surface area contributed by atoms with E-state index < -0.39 is 0 Å². The van der Waals surface area contributed by atoms with Crippen molar-refractivity contribution in [3.63, 3.8) is 0 Å². The predicted molar refractivity (Wildman–Crippen MR) is 75.9 cm³/mol. The van der Waals surface area contributed by atoms with Crippen LogP contribution in [-0.2, 0) is 5.54 Å². The zero-order valence-electron chi connectivity index (χ0n) is 12.3. The molecule has 1 aliphatic rings. The third-order valence-electron chi connectivity index (χ3n) is 4.40. The van der Waals surface area contributed by atoms with Crippen LogP contribution in [0.5, 0.6) is 0 Å². The Labute approximate surface area is 116 Å². The highest BCUT2D eigenvalue weighted by Crippen LogP contribution is 2.33. The number of piperidine rings is 1. The Kier molecular flexibility index (Phi) is 4.26. The lowest BCUT2D eigenvalue weighted by atomic mass is 9.85. The molecule has 1 aromatic rings. The van der Waals surface area contributed by atoms with Gasteiger partial charge in [0.1, 0.15) is 0 Å². The average molecular weight is 260 g/mol. The van der Waals surface area contributed by atoms with Crippen molar-refractivity contribution in [1.82, 2.24) is 14.7 Å². The first-order chi connectivity index (χ1) is 9.11. The molecule has 0 bridgehead atoms. The summed E-state index contributed by atoms with van der Waals surface area (Å²) in [4.78, 5) is 2.45. The van der Waals surface area contributed by atoms with Crippen molar-refractivity contribution < 1.29 is 0 Å². The van der Waals surface area contributed by atoms with Gasteiger partial charge in [0.15, 0.2) is 0 Å². The third kappa shape index (κ3) is 2.82. The lowest BCUT2D eigenvalue weighted by Crippen LogP contribution is -2.46. The van der Waals surface area contributed by atoms with Crippen LogP contribution in [0, 0.1) is 11.3 Å². The summed E-state index contributed by atoms with van der Waals surface area (Å²) in [6.07, 6.45) is 6.70. The summed E-state index contributed by atoms with van der Waals surface area (Å²) in [5.41, 5.74) is 1.17. The lowest BCUT2D eigenvalue weighted by molar-refractivity contribution is 0.106. The normalized spacial score (nSPS) is 19.5. The van der Waals surface area contributed by atoms with E-state index in [0.29, 0.717) is 12.3 Å². The van der Waals surface area contributed by atoms with Gasteiger partial charge in [-0.1, -0.05) is 20.8 Å². The number of hydrogen-bond acceptors (Lipinski definition) is 3. The highest BCUT2D eigenvalue weighted by molar-refractivity contribution is 5.11. The number of nitrogens with zero attached hydrogens (tertiary/aromatic N) is 4. The number of nitriles is 1. The molecule has 0 aromatic carbocycles. The molecule has 19 heavy (non-hydrogen) atoms. The van der Waals surface area contributed by atoms with E-state index in [4.69, 9.17) is 0 Å². The first-order valence-corrected chi connectivity index (χ1v) is 7.25. The van der Waals surface area contributed by atoms with Crippen LogP contribution in [0.1, 0.15) is 51.5 Å². The van der Waals surface area contributed by atoms with Gasteiger partial charge in [-0.15, -0.1) is 0 Å². The fourth-order valence-electron chi connectivity index (χ4n) is 2.81. The second-order valence-electron chi connectivity index (χ2n) is 5.87. The maximum atomic E-state index is 9.18. The Bertz CT molecular complexity index is 447.